The van der Waals surface area contributed by atoms with E-state index >= 15 is 0 Å². The summed E-state index contributed by atoms with van der Waals surface area (Å²) in [7, 11) is 3.66. The Hall–Kier alpha value is -1.43. The highest BCUT2D eigenvalue weighted by molar-refractivity contribution is 5.73. The van der Waals surface area contributed by atoms with Gasteiger partial charge in [0.2, 0.25) is 0 Å². The Morgan fingerprint density at radius 2 is 2.19 bits per heavy atom. The molecule has 1 heterocycles. The average Bonchev–Trinajstić information content (AvgIpc) is 2.50. The first-order valence-electron chi connectivity index (χ1n) is 5.25. The van der Waals surface area contributed by atoms with Crippen LogP contribution in [0.25, 0.3) is 0 Å². The van der Waals surface area contributed by atoms with Crippen LogP contribution in [0.2, 0.25) is 0 Å². The zero-order chi connectivity index (χ0) is 12.3. The minimum atomic E-state index is -0.802. The molecule has 0 aliphatic carbocycles. The van der Waals surface area contributed by atoms with Crippen molar-refractivity contribution in [2.45, 2.75) is 32.9 Å². The van der Waals surface area contributed by atoms with Crippen molar-refractivity contribution in [1.82, 2.24) is 19.7 Å². The Kier molecular flexibility index (Phi) is 4.00. The van der Waals surface area contributed by atoms with E-state index in [1.165, 1.54) is 0 Å². The Morgan fingerprint density at radius 3 is 2.56 bits per heavy atom. The van der Waals surface area contributed by atoms with Crippen LogP contribution in [-0.4, -0.2) is 43.8 Å². The molecule has 0 aromatic carbocycles. The molecule has 1 unspecified atom stereocenters. The standard InChI is InChI=1S/C10H18N4O2/c1-5-8(10(15)16)13(3)6-9-12-11-7(2)14(9)4/h8H,5-6H2,1-4H3,(H,15,16). The maximum absolute atomic E-state index is 11.0. The van der Waals surface area contributed by atoms with Gasteiger partial charge >= 0.3 is 5.97 Å². The van der Waals surface area contributed by atoms with Crippen molar-refractivity contribution in [2.75, 3.05) is 7.05 Å². The molecular weight excluding hydrogens is 208 g/mol. The fourth-order valence-electron chi connectivity index (χ4n) is 1.60. The minimum absolute atomic E-state index is 0.475. The van der Waals surface area contributed by atoms with Crippen molar-refractivity contribution in [1.29, 1.82) is 0 Å². The van der Waals surface area contributed by atoms with Crippen LogP contribution in [0.4, 0.5) is 0 Å². The van der Waals surface area contributed by atoms with Gasteiger partial charge in [-0.05, 0) is 20.4 Å². The lowest BCUT2D eigenvalue weighted by Crippen LogP contribution is -2.38. The number of carboxylic acid groups (broad SMARTS) is 1. The number of nitrogens with zero attached hydrogens (tertiary/aromatic N) is 4. The fraction of sp³-hybridized carbons (Fsp3) is 0.700. The van der Waals surface area contributed by atoms with E-state index < -0.39 is 12.0 Å². The molecule has 0 fully saturated rings. The quantitative estimate of drug-likeness (QED) is 0.787. The molecule has 1 N–H and O–H groups in total. The largest absolute Gasteiger partial charge is 0.480 e. The summed E-state index contributed by atoms with van der Waals surface area (Å²) >= 11 is 0. The van der Waals surface area contributed by atoms with Crippen LogP contribution < -0.4 is 0 Å². The maximum atomic E-state index is 11.0. The molecule has 0 aliphatic rings. The predicted octanol–water partition coefficient (Wildman–Crippen LogP) is 0.419. The molecule has 6 nitrogen and oxygen atoms in total. The van der Waals surface area contributed by atoms with Crippen LogP contribution in [-0.2, 0) is 18.4 Å². The maximum Gasteiger partial charge on any atom is 0.320 e. The molecule has 0 saturated heterocycles. The van der Waals surface area contributed by atoms with Gasteiger partial charge < -0.3 is 9.67 Å². The van der Waals surface area contributed by atoms with E-state index in [0.29, 0.717) is 13.0 Å². The number of hydrogen-bond donors (Lipinski definition) is 1. The van der Waals surface area contributed by atoms with E-state index in [-0.39, 0.29) is 0 Å². The molecular formula is C10H18N4O2. The van der Waals surface area contributed by atoms with Crippen LogP contribution in [0.1, 0.15) is 25.0 Å². The highest BCUT2D eigenvalue weighted by Crippen LogP contribution is 2.07. The summed E-state index contributed by atoms with van der Waals surface area (Å²) in [6.07, 6.45) is 0.572. The van der Waals surface area contributed by atoms with Crippen LogP contribution in [0.15, 0.2) is 0 Å². The number of carbonyl (C=O) groups is 1. The predicted molar refractivity (Wildman–Crippen MR) is 58.9 cm³/mol. The summed E-state index contributed by atoms with van der Waals surface area (Å²) in [4.78, 5) is 12.7. The third-order valence-corrected chi connectivity index (χ3v) is 2.78. The summed E-state index contributed by atoms with van der Waals surface area (Å²) in [5.41, 5.74) is 0. The molecule has 1 atom stereocenters. The smallest absolute Gasteiger partial charge is 0.320 e. The lowest BCUT2D eigenvalue weighted by atomic mass is 10.2. The first-order chi connectivity index (χ1) is 7.47. The van der Waals surface area contributed by atoms with Gasteiger partial charge in [-0.1, -0.05) is 6.92 Å². The Morgan fingerprint density at radius 1 is 1.56 bits per heavy atom. The molecule has 0 bridgehead atoms. The number of hydrogen-bond acceptors (Lipinski definition) is 4. The Bertz CT molecular complexity index is 375. The lowest BCUT2D eigenvalue weighted by Gasteiger charge is -2.22. The summed E-state index contributed by atoms with van der Waals surface area (Å²) in [5.74, 6) is 0.801. The zero-order valence-corrected chi connectivity index (χ0v) is 10.1. The molecule has 1 aromatic heterocycles. The van der Waals surface area contributed by atoms with Crippen LogP contribution >= 0.6 is 0 Å². The monoisotopic (exact) mass is 226 g/mol. The van der Waals surface area contributed by atoms with Gasteiger partial charge in [0.1, 0.15) is 17.7 Å². The van der Waals surface area contributed by atoms with Crippen molar-refractivity contribution in [3.63, 3.8) is 0 Å². The van der Waals surface area contributed by atoms with Gasteiger partial charge in [0.15, 0.2) is 0 Å². The van der Waals surface area contributed by atoms with Gasteiger partial charge in [-0.3, -0.25) is 9.69 Å². The summed E-state index contributed by atoms with van der Waals surface area (Å²) in [6.45, 7) is 4.21. The first kappa shape index (κ1) is 12.6. The first-order valence-corrected chi connectivity index (χ1v) is 5.25. The Labute approximate surface area is 94.9 Å². The number of rotatable bonds is 5. The normalized spacial score (nSPS) is 13.1. The summed E-state index contributed by atoms with van der Waals surface area (Å²) in [6, 6.07) is -0.475. The number of carboxylic acids is 1. The van der Waals surface area contributed by atoms with Crippen molar-refractivity contribution >= 4 is 5.97 Å². The topological polar surface area (TPSA) is 71.2 Å². The van der Waals surface area contributed by atoms with Crippen molar-refractivity contribution in [3.05, 3.63) is 11.6 Å². The van der Waals surface area contributed by atoms with Gasteiger partial charge in [0.25, 0.3) is 0 Å². The molecule has 1 rings (SSSR count). The molecule has 0 amide bonds. The average molecular weight is 226 g/mol. The van der Waals surface area contributed by atoms with Crippen molar-refractivity contribution < 1.29 is 9.90 Å². The van der Waals surface area contributed by atoms with Gasteiger partial charge in [-0.15, -0.1) is 10.2 Å². The molecule has 1 aromatic rings. The molecule has 16 heavy (non-hydrogen) atoms. The van der Waals surface area contributed by atoms with E-state index in [9.17, 15) is 4.79 Å². The van der Waals surface area contributed by atoms with Crippen LogP contribution in [0.5, 0.6) is 0 Å². The lowest BCUT2D eigenvalue weighted by molar-refractivity contribution is -0.143. The third-order valence-electron chi connectivity index (χ3n) is 2.78. The van der Waals surface area contributed by atoms with Crippen LogP contribution in [0.3, 0.4) is 0 Å². The molecule has 0 radical (unpaired) electrons. The molecule has 0 spiro atoms. The van der Waals surface area contributed by atoms with Crippen molar-refractivity contribution in [3.8, 4) is 0 Å². The zero-order valence-electron chi connectivity index (χ0n) is 10.1. The number of aryl methyl sites for hydroxylation is 1. The highest BCUT2D eigenvalue weighted by Gasteiger charge is 2.21. The summed E-state index contributed by atoms with van der Waals surface area (Å²) in [5, 5.41) is 17.0. The Balaban J connectivity index is 2.73. The second-order valence-corrected chi connectivity index (χ2v) is 3.90. The van der Waals surface area contributed by atoms with Gasteiger partial charge in [-0.25, -0.2) is 0 Å². The number of aliphatic carboxylic acids is 1. The van der Waals surface area contributed by atoms with Crippen molar-refractivity contribution in [2.24, 2.45) is 7.05 Å². The van der Waals surface area contributed by atoms with Crippen LogP contribution in [0, 0.1) is 6.92 Å². The molecule has 0 saturated carbocycles. The van der Waals surface area contributed by atoms with Gasteiger partial charge in [0.05, 0.1) is 6.54 Å². The SMILES string of the molecule is CCC(C(=O)O)N(C)Cc1nnc(C)n1C. The highest BCUT2D eigenvalue weighted by atomic mass is 16.4. The molecule has 90 valence electrons. The molecule has 6 heteroatoms. The van der Waals surface area contributed by atoms with E-state index in [1.807, 2.05) is 25.5 Å². The van der Waals surface area contributed by atoms with E-state index in [2.05, 4.69) is 10.2 Å². The van der Waals surface area contributed by atoms with E-state index in [4.69, 9.17) is 5.11 Å². The fourth-order valence-corrected chi connectivity index (χ4v) is 1.60. The van der Waals surface area contributed by atoms with Gasteiger partial charge in [-0.2, -0.15) is 0 Å². The van der Waals surface area contributed by atoms with Gasteiger partial charge in [0, 0.05) is 7.05 Å². The number of aromatic nitrogens is 3. The van der Waals surface area contributed by atoms with E-state index in [1.54, 1.807) is 11.9 Å². The minimum Gasteiger partial charge on any atom is -0.480 e. The molecule has 0 aliphatic heterocycles. The second-order valence-electron chi connectivity index (χ2n) is 3.90. The number of likely N-dealkylation sites (N-methyl/N-ethyl adjacent to an activating group) is 1. The second kappa shape index (κ2) is 5.07. The van der Waals surface area contributed by atoms with E-state index in [0.717, 1.165) is 11.6 Å². The third kappa shape index (κ3) is 2.57. The summed E-state index contributed by atoms with van der Waals surface area (Å²) < 4.78 is 1.87.